The predicted octanol–water partition coefficient (Wildman–Crippen LogP) is 3.61. The predicted molar refractivity (Wildman–Crippen MR) is 98.4 cm³/mol. The molecule has 2 heterocycles. The van der Waals surface area contributed by atoms with E-state index in [1.165, 1.54) is 35.0 Å². The first-order chi connectivity index (χ1) is 13.1. The van der Waals surface area contributed by atoms with Crippen molar-refractivity contribution in [1.29, 1.82) is 0 Å². The van der Waals surface area contributed by atoms with Crippen molar-refractivity contribution < 1.29 is 8.78 Å². The summed E-state index contributed by atoms with van der Waals surface area (Å²) in [5.41, 5.74) is 1.66. The number of aryl methyl sites for hydroxylation is 1. The normalized spacial score (nSPS) is 11.2. The summed E-state index contributed by atoms with van der Waals surface area (Å²) >= 11 is 0. The summed E-state index contributed by atoms with van der Waals surface area (Å²) < 4.78 is 30.7. The lowest BCUT2D eigenvalue weighted by Gasteiger charge is -2.09. The molecule has 136 valence electrons. The van der Waals surface area contributed by atoms with Crippen LogP contribution in [-0.2, 0) is 13.1 Å². The third kappa shape index (κ3) is 3.12. The van der Waals surface area contributed by atoms with Gasteiger partial charge in [0, 0.05) is 24.2 Å². The maximum Gasteiger partial charge on any atom is 0.267 e. The largest absolute Gasteiger partial charge is 0.327 e. The number of nitrogens with zero attached hydrogens (tertiary/aromatic N) is 4. The maximum atomic E-state index is 14.1. The Morgan fingerprint density at radius 1 is 1.04 bits per heavy atom. The molecule has 0 aliphatic heterocycles. The Kier molecular flexibility index (Phi) is 4.27. The molecule has 0 unspecified atom stereocenters. The monoisotopic (exact) mass is 366 g/mol. The highest BCUT2D eigenvalue weighted by molar-refractivity contribution is 5.76. The minimum Gasteiger partial charge on any atom is -0.327 e. The fraction of sp³-hybridized carbons (Fsp3) is 0.150. The van der Waals surface area contributed by atoms with Crippen LogP contribution >= 0.6 is 0 Å². The SMILES string of the molecule is CCn1c(Cn2nc(-c3ccccc3F)ccc2=O)nc2cc(F)ccc21. The van der Waals surface area contributed by atoms with Gasteiger partial charge in [-0.05, 0) is 37.3 Å². The van der Waals surface area contributed by atoms with Crippen molar-refractivity contribution in [3.8, 4) is 11.3 Å². The van der Waals surface area contributed by atoms with Gasteiger partial charge in [0.25, 0.3) is 5.56 Å². The third-order valence-corrected chi connectivity index (χ3v) is 4.41. The Bertz CT molecular complexity index is 1200. The van der Waals surface area contributed by atoms with E-state index >= 15 is 0 Å². The molecule has 0 aliphatic carbocycles. The van der Waals surface area contributed by atoms with Crippen LogP contribution in [0, 0.1) is 11.6 Å². The lowest BCUT2D eigenvalue weighted by atomic mass is 10.1. The van der Waals surface area contributed by atoms with E-state index in [0.717, 1.165) is 5.52 Å². The molecule has 4 aromatic rings. The average Bonchev–Trinajstić information content (AvgIpc) is 3.00. The molecule has 0 aliphatic rings. The van der Waals surface area contributed by atoms with Gasteiger partial charge in [0.2, 0.25) is 0 Å². The van der Waals surface area contributed by atoms with E-state index in [-0.39, 0.29) is 17.9 Å². The minimum atomic E-state index is -0.411. The van der Waals surface area contributed by atoms with Crippen molar-refractivity contribution in [3.63, 3.8) is 0 Å². The van der Waals surface area contributed by atoms with E-state index in [1.54, 1.807) is 24.3 Å². The van der Waals surface area contributed by atoms with Crippen molar-refractivity contribution in [2.24, 2.45) is 0 Å². The molecule has 0 fully saturated rings. The lowest BCUT2D eigenvalue weighted by Crippen LogP contribution is -2.24. The van der Waals surface area contributed by atoms with E-state index in [0.29, 0.717) is 29.1 Å². The van der Waals surface area contributed by atoms with Gasteiger partial charge in [-0.1, -0.05) is 12.1 Å². The molecule has 5 nitrogen and oxygen atoms in total. The molecule has 0 atom stereocenters. The quantitative estimate of drug-likeness (QED) is 0.554. The highest BCUT2D eigenvalue weighted by Crippen LogP contribution is 2.20. The Hall–Kier alpha value is -3.35. The van der Waals surface area contributed by atoms with Gasteiger partial charge in [0.15, 0.2) is 0 Å². The van der Waals surface area contributed by atoms with Crippen LogP contribution in [0.3, 0.4) is 0 Å². The molecule has 27 heavy (non-hydrogen) atoms. The van der Waals surface area contributed by atoms with Gasteiger partial charge in [-0.3, -0.25) is 4.79 Å². The van der Waals surface area contributed by atoms with Crippen molar-refractivity contribution in [2.75, 3.05) is 0 Å². The van der Waals surface area contributed by atoms with Crippen LogP contribution in [-0.4, -0.2) is 19.3 Å². The van der Waals surface area contributed by atoms with Gasteiger partial charge in [0.05, 0.1) is 16.7 Å². The second-order valence-electron chi connectivity index (χ2n) is 6.10. The number of aromatic nitrogens is 4. The van der Waals surface area contributed by atoms with Crippen molar-refractivity contribution in [1.82, 2.24) is 19.3 Å². The molecule has 0 radical (unpaired) electrons. The maximum absolute atomic E-state index is 14.1. The van der Waals surface area contributed by atoms with Crippen LogP contribution < -0.4 is 5.56 Å². The zero-order valence-electron chi connectivity index (χ0n) is 14.6. The summed E-state index contributed by atoms with van der Waals surface area (Å²) in [6, 6.07) is 13.5. The highest BCUT2D eigenvalue weighted by Gasteiger charge is 2.13. The molecule has 0 saturated carbocycles. The number of hydrogen-bond acceptors (Lipinski definition) is 3. The topological polar surface area (TPSA) is 52.7 Å². The standard InChI is InChI=1S/C20H16F2N4O/c1-2-25-18-9-7-13(21)11-17(18)23-19(25)12-26-20(27)10-8-16(24-26)14-5-3-4-6-15(14)22/h3-11H,2,12H2,1H3. The molecule has 4 rings (SSSR count). The van der Waals surface area contributed by atoms with Crippen molar-refractivity contribution in [2.45, 2.75) is 20.0 Å². The Morgan fingerprint density at radius 2 is 1.85 bits per heavy atom. The summed E-state index contributed by atoms with van der Waals surface area (Å²) in [6.07, 6.45) is 0. The van der Waals surface area contributed by atoms with E-state index in [9.17, 15) is 13.6 Å². The first-order valence-corrected chi connectivity index (χ1v) is 8.54. The molecule has 0 N–H and O–H groups in total. The summed E-state index contributed by atoms with van der Waals surface area (Å²) in [5.74, 6) is -0.198. The second kappa shape index (κ2) is 6.75. The fourth-order valence-electron chi connectivity index (χ4n) is 3.14. The van der Waals surface area contributed by atoms with Gasteiger partial charge >= 0.3 is 0 Å². The number of hydrogen-bond donors (Lipinski definition) is 0. The molecule has 2 aromatic carbocycles. The van der Waals surface area contributed by atoms with Gasteiger partial charge in [-0.15, -0.1) is 0 Å². The van der Waals surface area contributed by atoms with Crippen molar-refractivity contribution >= 4 is 11.0 Å². The Labute approximate surface area is 153 Å². The highest BCUT2D eigenvalue weighted by atomic mass is 19.1. The van der Waals surface area contributed by atoms with Crippen molar-refractivity contribution in [3.05, 3.63) is 82.4 Å². The zero-order valence-corrected chi connectivity index (χ0v) is 14.6. The van der Waals surface area contributed by atoms with E-state index in [1.807, 2.05) is 11.5 Å². The summed E-state index contributed by atoms with van der Waals surface area (Å²) in [4.78, 5) is 16.7. The molecule has 0 amide bonds. The summed E-state index contributed by atoms with van der Waals surface area (Å²) in [5, 5.41) is 4.30. The molecular formula is C20H16F2N4O. The minimum absolute atomic E-state index is 0.102. The number of imidazole rings is 1. The van der Waals surface area contributed by atoms with E-state index in [2.05, 4.69) is 10.1 Å². The number of fused-ring (bicyclic) bond motifs is 1. The molecule has 0 bridgehead atoms. The average molecular weight is 366 g/mol. The Balaban J connectivity index is 1.79. The van der Waals surface area contributed by atoms with Gasteiger partial charge in [-0.2, -0.15) is 5.10 Å². The number of halogens is 2. The van der Waals surface area contributed by atoms with Crippen LogP contribution in [0.4, 0.5) is 8.78 Å². The number of rotatable bonds is 4. The molecule has 0 saturated heterocycles. The third-order valence-electron chi connectivity index (χ3n) is 4.41. The van der Waals surface area contributed by atoms with Crippen LogP contribution in [0.1, 0.15) is 12.7 Å². The van der Waals surface area contributed by atoms with E-state index in [4.69, 9.17) is 0 Å². The summed E-state index contributed by atoms with van der Waals surface area (Å²) in [6.45, 7) is 2.66. The van der Waals surface area contributed by atoms with Gasteiger partial charge in [-0.25, -0.2) is 18.4 Å². The van der Waals surface area contributed by atoms with Crippen LogP contribution in [0.5, 0.6) is 0 Å². The molecule has 2 aromatic heterocycles. The second-order valence-corrected chi connectivity index (χ2v) is 6.10. The van der Waals surface area contributed by atoms with E-state index < -0.39 is 5.82 Å². The van der Waals surface area contributed by atoms with Crippen LogP contribution in [0.15, 0.2) is 59.4 Å². The molecular weight excluding hydrogens is 350 g/mol. The van der Waals surface area contributed by atoms with Gasteiger partial charge < -0.3 is 4.57 Å². The first kappa shape index (κ1) is 17.1. The smallest absolute Gasteiger partial charge is 0.267 e. The lowest BCUT2D eigenvalue weighted by molar-refractivity contribution is 0.585. The van der Waals surface area contributed by atoms with Crippen LogP contribution in [0.2, 0.25) is 0 Å². The fourth-order valence-corrected chi connectivity index (χ4v) is 3.14. The van der Waals surface area contributed by atoms with Gasteiger partial charge in [0.1, 0.15) is 24.0 Å². The number of benzene rings is 2. The molecule has 0 spiro atoms. The van der Waals surface area contributed by atoms with Crippen LogP contribution in [0.25, 0.3) is 22.3 Å². The zero-order chi connectivity index (χ0) is 19.0. The molecule has 7 heteroatoms. The Morgan fingerprint density at radius 3 is 2.63 bits per heavy atom. The summed E-state index contributed by atoms with van der Waals surface area (Å²) in [7, 11) is 0. The first-order valence-electron chi connectivity index (χ1n) is 8.54.